The summed E-state index contributed by atoms with van der Waals surface area (Å²) >= 11 is -0.826. The predicted molar refractivity (Wildman–Crippen MR) is 121 cm³/mol. The van der Waals surface area contributed by atoms with Crippen molar-refractivity contribution < 1.29 is 20.8 Å². The molecule has 3 aromatic rings. The Morgan fingerprint density at radius 2 is 1.59 bits per heavy atom. The van der Waals surface area contributed by atoms with Gasteiger partial charge >= 0.3 is 37.9 Å². The fourth-order valence-corrected chi connectivity index (χ4v) is 4.66. The summed E-state index contributed by atoms with van der Waals surface area (Å²) in [5.41, 5.74) is 6.03. The van der Waals surface area contributed by atoms with Crippen LogP contribution in [0, 0.1) is 0 Å². The Hall–Kier alpha value is -0.400. The van der Waals surface area contributed by atoms with Gasteiger partial charge in [-0.3, -0.25) is 0 Å². The smallest absolute Gasteiger partial charge is 0.0512 e. The van der Waals surface area contributed by atoms with E-state index >= 15 is 0 Å². The zero-order chi connectivity index (χ0) is 19.7. The molecule has 142 valence electrons. The number of aryl methyl sites for hydroxylation is 1. The Kier molecular flexibility index (Phi) is 9.80. The first kappa shape index (κ1) is 22.9. The standard InChI is InChI=1S/C15H15.C8H13Si.2ClH.Zr/c1-2-6-12(7-3-1)15-11-10-13-8-4-5-9-14(13)15;1-9(2,3)8-6-4-5-7-8;;;/h1-3,6-7,10-11H,4-5,8-9H2;4-7H,1-3H3;2*1H;/q2*-1;;;+4/p-2. The number of halogens is 2. The maximum atomic E-state index is 4.93. The first-order chi connectivity index (χ1) is 13.0. The zero-order valence-corrected chi connectivity index (χ0v) is 21.4. The van der Waals surface area contributed by atoms with E-state index in [4.69, 9.17) is 17.0 Å². The second-order valence-corrected chi connectivity index (χ2v) is 16.6. The molecule has 4 rings (SSSR count). The van der Waals surface area contributed by atoms with E-state index in [2.05, 4.69) is 86.4 Å². The van der Waals surface area contributed by atoms with E-state index in [0.717, 1.165) is 0 Å². The maximum absolute atomic E-state index is 4.93. The van der Waals surface area contributed by atoms with E-state index < -0.39 is 28.9 Å². The van der Waals surface area contributed by atoms with Gasteiger partial charge in [0.15, 0.2) is 0 Å². The molecule has 0 radical (unpaired) electrons. The van der Waals surface area contributed by atoms with Crippen molar-refractivity contribution in [2.45, 2.75) is 45.3 Å². The van der Waals surface area contributed by atoms with Crippen LogP contribution in [0.25, 0.3) is 11.1 Å². The second-order valence-electron chi connectivity index (χ2n) is 7.82. The predicted octanol–water partition coefficient (Wildman–Crippen LogP) is 7.28. The summed E-state index contributed by atoms with van der Waals surface area (Å²) in [6.45, 7) is 7.09. The molecule has 3 aromatic carbocycles. The molecule has 1 aliphatic rings. The summed E-state index contributed by atoms with van der Waals surface area (Å²) in [5, 5.41) is 1.56. The molecule has 0 fully saturated rings. The molecule has 0 aliphatic heterocycles. The third-order valence-electron chi connectivity index (χ3n) is 4.90. The molecule has 27 heavy (non-hydrogen) atoms. The van der Waals surface area contributed by atoms with Crippen molar-refractivity contribution in [3.05, 3.63) is 77.9 Å². The average Bonchev–Trinajstić information content (AvgIpc) is 3.34. The van der Waals surface area contributed by atoms with Crippen LogP contribution in [0.15, 0.2) is 66.7 Å². The Balaban J connectivity index is 0.000000187. The van der Waals surface area contributed by atoms with E-state index in [1.54, 1.807) is 16.3 Å². The van der Waals surface area contributed by atoms with Gasteiger partial charge in [-0.05, 0) is 0 Å². The van der Waals surface area contributed by atoms with Crippen LogP contribution in [0.3, 0.4) is 0 Å². The van der Waals surface area contributed by atoms with Gasteiger partial charge in [0, 0.05) is 8.07 Å². The summed E-state index contributed by atoms with van der Waals surface area (Å²) in [7, 11) is 8.89. The molecular weight excluding hydrogens is 466 g/mol. The van der Waals surface area contributed by atoms with Crippen molar-refractivity contribution in [1.29, 1.82) is 0 Å². The van der Waals surface area contributed by atoms with E-state index in [1.165, 1.54) is 36.8 Å². The van der Waals surface area contributed by atoms with Crippen molar-refractivity contribution >= 4 is 30.3 Å². The third-order valence-corrected chi connectivity index (χ3v) is 6.97. The average molecular weight is 495 g/mol. The quantitative estimate of drug-likeness (QED) is 0.259. The summed E-state index contributed by atoms with van der Waals surface area (Å²) in [5.74, 6) is 0. The van der Waals surface area contributed by atoms with E-state index in [-0.39, 0.29) is 0 Å². The minimum Gasteiger partial charge on any atom is -0.188 e. The Labute approximate surface area is 184 Å². The molecule has 0 amide bonds. The van der Waals surface area contributed by atoms with Crippen LogP contribution >= 0.6 is 17.0 Å². The first-order valence-electron chi connectivity index (χ1n) is 9.48. The second kappa shape index (κ2) is 11.6. The Morgan fingerprint density at radius 1 is 0.926 bits per heavy atom. The fourth-order valence-electron chi connectivity index (χ4n) is 3.47. The summed E-state index contributed by atoms with van der Waals surface area (Å²) in [6.07, 6.45) is 5.27. The van der Waals surface area contributed by atoms with Crippen LogP contribution in [0.1, 0.15) is 24.0 Å². The van der Waals surface area contributed by atoms with E-state index in [9.17, 15) is 0 Å². The van der Waals surface area contributed by atoms with Gasteiger partial charge in [-0.15, -0.1) is 0 Å². The van der Waals surface area contributed by atoms with Gasteiger partial charge in [0.1, 0.15) is 0 Å². The van der Waals surface area contributed by atoms with Crippen molar-refractivity contribution in [1.82, 2.24) is 0 Å². The zero-order valence-electron chi connectivity index (χ0n) is 16.4. The molecule has 1 aliphatic carbocycles. The summed E-state index contributed by atoms with van der Waals surface area (Å²) < 4.78 is 0. The first-order valence-corrected chi connectivity index (χ1v) is 19.3. The largest absolute Gasteiger partial charge is 0.188 e. The molecule has 0 atom stereocenters. The topological polar surface area (TPSA) is 0 Å². The number of rotatable bonds is 2. The van der Waals surface area contributed by atoms with Gasteiger partial charge in [0.2, 0.25) is 0 Å². The van der Waals surface area contributed by atoms with E-state index in [1.807, 2.05) is 0 Å². The molecular formula is C23H28Cl2SiZr. The molecule has 0 unspecified atom stereocenters. The minimum absolute atomic E-state index is 0.826. The maximum Gasteiger partial charge on any atom is -0.0512 e. The molecule has 0 aromatic heterocycles. The van der Waals surface area contributed by atoms with Crippen molar-refractivity contribution in [2.24, 2.45) is 0 Å². The van der Waals surface area contributed by atoms with Crippen molar-refractivity contribution in [2.75, 3.05) is 0 Å². The van der Waals surface area contributed by atoms with Gasteiger partial charge in [-0.25, -0.2) is 11.3 Å². The molecule has 0 heterocycles. The van der Waals surface area contributed by atoms with Gasteiger partial charge in [-0.1, -0.05) is 81.2 Å². The number of hydrogen-bond acceptors (Lipinski definition) is 0. The molecule has 0 saturated carbocycles. The summed E-state index contributed by atoms with van der Waals surface area (Å²) in [6, 6.07) is 24.1. The van der Waals surface area contributed by atoms with Gasteiger partial charge in [0.25, 0.3) is 0 Å². The molecule has 0 saturated heterocycles. The van der Waals surface area contributed by atoms with Gasteiger partial charge in [-0.2, -0.15) is 47.0 Å². The van der Waals surface area contributed by atoms with Gasteiger partial charge in [0.05, 0.1) is 0 Å². The van der Waals surface area contributed by atoms with Crippen LogP contribution < -0.4 is 5.19 Å². The monoisotopic (exact) mass is 492 g/mol. The Morgan fingerprint density at radius 3 is 2.15 bits per heavy atom. The number of benzene rings is 1. The third kappa shape index (κ3) is 7.17. The van der Waals surface area contributed by atoms with E-state index in [0.29, 0.717) is 0 Å². The van der Waals surface area contributed by atoms with Crippen LogP contribution in [0.2, 0.25) is 19.6 Å². The van der Waals surface area contributed by atoms with Gasteiger partial charge < -0.3 is 0 Å². The number of hydrogen-bond donors (Lipinski definition) is 0. The summed E-state index contributed by atoms with van der Waals surface area (Å²) in [4.78, 5) is 0. The Bertz CT molecular complexity index is 771. The van der Waals surface area contributed by atoms with Crippen molar-refractivity contribution in [3.63, 3.8) is 0 Å². The van der Waals surface area contributed by atoms with Crippen LogP contribution in [0.5, 0.6) is 0 Å². The SMILES string of the molecule is C[Si](C)(C)c1cc[cH-]c1.[Cl][Zr+2][Cl].c1ccc(-c2c[cH-]c3c2CCCC3)cc1. The van der Waals surface area contributed by atoms with Crippen molar-refractivity contribution in [3.8, 4) is 11.1 Å². The molecule has 4 heteroatoms. The number of fused-ring (bicyclic) bond motifs is 1. The van der Waals surface area contributed by atoms with Crippen LogP contribution in [-0.2, 0) is 33.7 Å². The fraction of sp³-hybridized carbons (Fsp3) is 0.304. The molecule has 0 nitrogen and oxygen atoms in total. The van der Waals surface area contributed by atoms with Crippen LogP contribution in [-0.4, -0.2) is 8.07 Å². The molecule has 0 N–H and O–H groups in total. The van der Waals surface area contributed by atoms with Crippen LogP contribution in [0.4, 0.5) is 0 Å². The molecule has 0 spiro atoms. The minimum atomic E-state index is -0.981. The normalized spacial score (nSPS) is 12.6. The molecule has 0 bridgehead atoms.